The van der Waals surface area contributed by atoms with Gasteiger partial charge in [0, 0.05) is 21.7 Å². The molecule has 0 amide bonds. The van der Waals surface area contributed by atoms with Gasteiger partial charge in [0.25, 0.3) is 0 Å². The number of benzene rings is 2. The third-order valence-corrected chi connectivity index (χ3v) is 4.73. The lowest BCUT2D eigenvalue weighted by molar-refractivity contribution is 0.597. The van der Waals surface area contributed by atoms with Gasteiger partial charge >= 0.3 is 0 Å². The second kappa shape index (κ2) is 7.32. The summed E-state index contributed by atoms with van der Waals surface area (Å²) in [4.78, 5) is 0.987. The van der Waals surface area contributed by atoms with Crippen molar-refractivity contribution in [1.82, 2.24) is 0 Å². The molecule has 20 heavy (non-hydrogen) atoms. The molecule has 0 spiro atoms. The van der Waals surface area contributed by atoms with Crippen molar-refractivity contribution in [2.45, 2.75) is 17.4 Å². The fourth-order valence-corrected chi connectivity index (χ4v) is 3.14. The number of nitrogens with two attached hydrogens (primary N) is 1. The Balaban J connectivity index is 1.92. The van der Waals surface area contributed by atoms with Gasteiger partial charge in [-0.3, -0.25) is 0 Å². The monoisotopic (exact) mass is 329 g/mol. The summed E-state index contributed by atoms with van der Waals surface area (Å²) < 4.78 is 13.7. The molecule has 0 radical (unpaired) electrons. The molecule has 1 atom stereocenters. The summed E-state index contributed by atoms with van der Waals surface area (Å²) in [6.45, 7) is 0. The van der Waals surface area contributed by atoms with Crippen molar-refractivity contribution in [2.75, 3.05) is 5.75 Å². The molecule has 5 heteroatoms. The first-order valence-corrected chi connectivity index (χ1v) is 7.87. The average molecular weight is 330 g/mol. The predicted octanol–water partition coefficient (Wildman–Crippen LogP) is 4.79. The fraction of sp³-hybridized carbons (Fsp3) is 0.200. The molecule has 0 fully saturated rings. The number of halogens is 3. The van der Waals surface area contributed by atoms with Gasteiger partial charge in [0.1, 0.15) is 5.82 Å². The molecule has 0 aromatic heterocycles. The molecule has 0 aliphatic rings. The van der Waals surface area contributed by atoms with E-state index < -0.39 is 0 Å². The van der Waals surface area contributed by atoms with E-state index in [9.17, 15) is 4.39 Å². The maximum atomic E-state index is 13.7. The second-order valence-corrected chi connectivity index (χ2v) is 6.35. The van der Waals surface area contributed by atoms with Crippen molar-refractivity contribution in [3.05, 3.63) is 63.9 Å². The first-order chi connectivity index (χ1) is 9.56. The summed E-state index contributed by atoms with van der Waals surface area (Å²) in [7, 11) is 0. The molecular formula is C15H14Cl2FNS. The van der Waals surface area contributed by atoms with Crippen molar-refractivity contribution >= 4 is 35.0 Å². The van der Waals surface area contributed by atoms with E-state index in [-0.39, 0.29) is 11.9 Å². The van der Waals surface area contributed by atoms with Crippen LogP contribution in [0.5, 0.6) is 0 Å². The van der Waals surface area contributed by atoms with Gasteiger partial charge in [0.2, 0.25) is 0 Å². The van der Waals surface area contributed by atoms with E-state index in [1.54, 1.807) is 23.9 Å². The van der Waals surface area contributed by atoms with Gasteiger partial charge in [0.05, 0.1) is 5.02 Å². The van der Waals surface area contributed by atoms with Crippen LogP contribution in [0.4, 0.5) is 4.39 Å². The highest BCUT2D eigenvalue weighted by molar-refractivity contribution is 7.99. The smallest absolute Gasteiger partial charge is 0.127 e. The van der Waals surface area contributed by atoms with Gasteiger partial charge in [-0.2, -0.15) is 0 Å². The Kier molecular flexibility index (Phi) is 5.73. The Hall–Kier alpha value is -0.740. The lowest BCUT2D eigenvalue weighted by Gasteiger charge is -2.12. The van der Waals surface area contributed by atoms with Gasteiger partial charge in [-0.25, -0.2) is 4.39 Å². The van der Waals surface area contributed by atoms with Crippen molar-refractivity contribution in [3.8, 4) is 0 Å². The highest BCUT2D eigenvalue weighted by Crippen LogP contribution is 2.27. The van der Waals surface area contributed by atoms with Gasteiger partial charge in [-0.05, 0) is 36.2 Å². The van der Waals surface area contributed by atoms with Crippen LogP contribution in [0.1, 0.15) is 5.56 Å². The minimum atomic E-state index is -0.310. The molecule has 106 valence electrons. The third kappa shape index (κ3) is 4.38. The summed E-state index contributed by atoms with van der Waals surface area (Å²) in [6, 6.07) is 12.1. The number of hydrogen-bond acceptors (Lipinski definition) is 2. The van der Waals surface area contributed by atoms with E-state index in [1.807, 2.05) is 24.3 Å². The normalized spacial score (nSPS) is 12.4. The Bertz CT molecular complexity index is 592. The van der Waals surface area contributed by atoms with Crippen LogP contribution in [-0.2, 0) is 6.42 Å². The molecule has 2 N–H and O–H groups in total. The van der Waals surface area contributed by atoms with Crippen molar-refractivity contribution in [3.63, 3.8) is 0 Å². The molecule has 0 aliphatic carbocycles. The van der Waals surface area contributed by atoms with Crippen LogP contribution in [0.25, 0.3) is 0 Å². The van der Waals surface area contributed by atoms with E-state index in [2.05, 4.69) is 0 Å². The first kappa shape index (κ1) is 15.6. The van der Waals surface area contributed by atoms with Crippen LogP contribution in [0.15, 0.2) is 47.4 Å². The molecule has 2 rings (SSSR count). The second-order valence-electron chi connectivity index (χ2n) is 4.44. The van der Waals surface area contributed by atoms with E-state index in [1.165, 1.54) is 6.07 Å². The maximum Gasteiger partial charge on any atom is 0.127 e. The van der Waals surface area contributed by atoms with Crippen molar-refractivity contribution < 1.29 is 4.39 Å². The quantitative estimate of drug-likeness (QED) is 0.798. The molecule has 2 aromatic rings. The van der Waals surface area contributed by atoms with E-state index in [4.69, 9.17) is 28.9 Å². The third-order valence-electron chi connectivity index (χ3n) is 2.79. The van der Waals surface area contributed by atoms with Gasteiger partial charge < -0.3 is 5.73 Å². The SMILES string of the molecule is NC(CSc1ccccc1Cl)Cc1ccc(Cl)cc1F. The first-order valence-electron chi connectivity index (χ1n) is 6.13. The zero-order valence-electron chi connectivity index (χ0n) is 10.7. The Morgan fingerprint density at radius 1 is 1.15 bits per heavy atom. The highest BCUT2D eigenvalue weighted by atomic mass is 35.5. The largest absolute Gasteiger partial charge is 0.327 e. The maximum absolute atomic E-state index is 13.7. The highest BCUT2D eigenvalue weighted by Gasteiger charge is 2.10. The zero-order valence-corrected chi connectivity index (χ0v) is 13.0. The van der Waals surface area contributed by atoms with Crippen LogP contribution in [-0.4, -0.2) is 11.8 Å². The van der Waals surface area contributed by atoms with Crippen molar-refractivity contribution in [1.29, 1.82) is 0 Å². The minimum absolute atomic E-state index is 0.146. The standard InChI is InChI=1S/C15H14Cl2FNS/c16-11-6-5-10(14(18)8-11)7-12(19)9-20-15-4-2-1-3-13(15)17/h1-6,8,12H,7,9,19H2. The van der Waals surface area contributed by atoms with Gasteiger partial charge in [-0.15, -0.1) is 11.8 Å². The Morgan fingerprint density at radius 2 is 1.90 bits per heavy atom. The summed E-state index contributed by atoms with van der Waals surface area (Å²) in [6.07, 6.45) is 0.473. The number of thioether (sulfide) groups is 1. The van der Waals surface area contributed by atoms with E-state index >= 15 is 0 Å². The fourth-order valence-electron chi connectivity index (χ4n) is 1.79. The lowest BCUT2D eigenvalue weighted by Crippen LogP contribution is -2.26. The molecule has 2 aromatic carbocycles. The summed E-state index contributed by atoms with van der Waals surface area (Å²) in [5.41, 5.74) is 6.63. The van der Waals surface area contributed by atoms with Crippen LogP contribution >= 0.6 is 35.0 Å². The number of hydrogen-bond donors (Lipinski definition) is 1. The van der Waals surface area contributed by atoms with Crippen LogP contribution in [0.3, 0.4) is 0 Å². The Labute approximate surface area is 132 Å². The molecule has 0 saturated heterocycles. The van der Waals surface area contributed by atoms with Gasteiger partial charge in [0.15, 0.2) is 0 Å². The molecule has 0 saturated carbocycles. The molecule has 0 aliphatic heterocycles. The molecule has 0 bridgehead atoms. The zero-order chi connectivity index (χ0) is 14.5. The summed E-state index contributed by atoms with van der Waals surface area (Å²) in [5, 5.41) is 1.10. The van der Waals surface area contributed by atoms with E-state index in [0.29, 0.717) is 27.8 Å². The predicted molar refractivity (Wildman–Crippen MR) is 85.3 cm³/mol. The lowest BCUT2D eigenvalue weighted by atomic mass is 10.1. The topological polar surface area (TPSA) is 26.0 Å². The molecular weight excluding hydrogens is 316 g/mol. The summed E-state index contributed by atoms with van der Waals surface area (Å²) in [5.74, 6) is 0.363. The molecule has 1 nitrogen and oxygen atoms in total. The van der Waals surface area contributed by atoms with Gasteiger partial charge in [-0.1, -0.05) is 41.4 Å². The van der Waals surface area contributed by atoms with Crippen LogP contribution < -0.4 is 5.73 Å². The van der Waals surface area contributed by atoms with E-state index in [0.717, 1.165) is 4.90 Å². The number of rotatable bonds is 5. The summed E-state index contributed by atoms with van der Waals surface area (Å²) >= 11 is 13.4. The van der Waals surface area contributed by atoms with Crippen LogP contribution in [0, 0.1) is 5.82 Å². The minimum Gasteiger partial charge on any atom is -0.327 e. The molecule has 1 unspecified atom stereocenters. The molecule has 0 heterocycles. The average Bonchev–Trinajstić information content (AvgIpc) is 2.41. The van der Waals surface area contributed by atoms with Crippen LogP contribution in [0.2, 0.25) is 10.0 Å². The van der Waals surface area contributed by atoms with Crippen molar-refractivity contribution in [2.24, 2.45) is 5.73 Å². The Morgan fingerprint density at radius 3 is 2.60 bits per heavy atom.